The number of ether oxygens (including phenoxy) is 6. The summed E-state index contributed by atoms with van der Waals surface area (Å²) in [6.45, 7) is 8.45. The van der Waals surface area contributed by atoms with Crippen molar-refractivity contribution in [1.82, 2.24) is 5.32 Å². The lowest BCUT2D eigenvalue weighted by atomic mass is 9.44. The second-order valence-electron chi connectivity index (χ2n) is 17.9. The summed E-state index contributed by atoms with van der Waals surface area (Å²) in [4.78, 5) is 84.7. The van der Waals surface area contributed by atoms with Crippen molar-refractivity contribution in [3.63, 3.8) is 0 Å². The van der Waals surface area contributed by atoms with E-state index in [2.05, 4.69) is 5.32 Å². The molecule has 1 amide bonds. The lowest BCUT2D eigenvalue weighted by Gasteiger charge is -2.67. The van der Waals surface area contributed by atoms with E-state index < -0.39 is 113 Å². The Labute approximate surface area is 381 Å². The van der Waals surface area contributed by atoms with Crippen molar-refractivity contribution in [2.75, 3.05) is 18.8 Å². The fourth-order valence-corrected chi connectivity index (χ4v) is 10.9. The topological polar surface area (TPSA) is 210 Å². The van der Waals surface area contributed by atoms with Crippen molar-refractivity contribution in [3.8, 4) is 0 Å². The van der Waals surface area contributed by atoms with Gasteiger partial charge in [0.1, 0.15) is 23.9 Å². The Kier molecular flexibility index (Phi) is 13.5. The van der Waals surface area contributed by atoms with Gasteiger partial charge in [0.15, 0.2) is 23.6 Å². The van der Waals surface area contributed by atoms with Gasteiger partial charge in [0.2, 0.25) is 0 Å². The Morgan fingerprint density at radius 3 is 2.02 bits per heavy atom. The molecule has 2 saturated carbocycles. The van der Waals surface area contributed by atoms with Gasteiger partial charge in [-0.2, -0.15) is 0 Å². The summed E-state index contributed by atoms with van der Waals surface area (Å²) < 4.78 is 37.5. The minimum absolute atomic E-state index is 0.0418. The third-order valence-corrected chi connectivity index (χ3v) is 14.2. The van der Waals surface area contributed by atoms with Gasteiger partial charge < -0.3 is 44.0 Å². The summed E-state index contributed by atoms with van der Waals surface area (Å²) in [6, 6.07) is 23.2. The highest BCUT2D eigenvalue weighted by Gasteiger charge is 2.78. The number of Topliss-reactive ketones (excluding diaryl/α,β-unsaturated/α-hetero) is 1. The maximum atomic E-state index is 15.9. The fraction of sp³-hybridized carbons (Fsp3) is 0.469. The van der Waals surface area contributed by atoms with Gasteiger partial charge in [-0.25, -0.2) is 9.59 Å². The van der Waals surface area contributed by atoms with Crippen molar-refractivity contribution in [2.45, 2.75) is 108 Å². The van der Waals surface area contributed by atoms with Crippen LogP contribution in [0.25, 0.3) is 0 Å². The summed E-state index contributed by atoms with van der Waals surface area (Å²) in [5.74, 6) is -6.28. The molecule has 2 bridgehead atoms. The molecule has 0 aromatic heterocycles. The summed E-state index contributed by atoms with van der Waals surface area (Å²) in [6.07, 6.45) is -7.55. The molecule has 16 heteroatoms. The molecule has 1 aliphatic heterocycles. The Hall–Kier alpha value is -5.39. The predicted molar refractivity (Wildman–Crippen MR) is 235 cm³/mol. The number of rotatable bonds is 13. The minimum Gasteiger partial charge on any atom is -0.456 e. The summed E-state index contributed by atoms with van der Waals surface area (Å²) in [5.41, 5.74) is -6.48. The maximum absolute atomic E-state index is 15.9. The van der Waals surface area contributed by atoms with Crippen molar-refractivity contribution in [1.29, 1.82) is 0 Å². The van der Waals surface area contributed by atoms with Crippen LogP contribution in [0.5, 0.6) is 0 Å². The quantitative estimate of drug-likeness (QED) is 0.0884. The van der Waals surface area contributed by atoms with E-state index in [1.807, 2.05) is 0 Å². The molecule has 1 saturated heterocycles. The number of amides is 1. The molecule has 3 N–H and O–H groups in total. The molecule has 7 rings (SSSR count). The first-order chi connectivity index (χ1) is 30.8. The average Bonchev–Trinajstić information content (AvgIpc) is 3.27. The second kappa shape index (κ2) is 18.5. The van der Waals surface area contributed by atoms with E-state index in [1.165, 1.54) is 30.8 Å². The zero-order valence-electron chi connectivity index (χ0n) is 37.3. The largest absolute Gasteiger partial charge is 0.456 e. The van der Waals surface area contributed by atoms with Crippen LogP contribution < -0.4 is 5.32 Å². The van der Waals surface area contributed by atoms with Gasteiger partial charge in [-0.15, -0.1) is 11.8 Å². The lowest BCUT2D eigenvalue weighted by Crippen LogP contribution is -2.82. The van der Waals surface area contributed by atoms with Gasteiger partial charge in [0.05, 0.1) is 41.6 Å². The van der Waals surface area contributed by atoms with Gasteiger partial charge in [-0.1, -0.05) is 80.6 Å². The summed E-state index contributed by atoms with van der Waals surface area (Å²) >= 11 is 1.34. The number of aliphatic hydroxyl groups is 2. The molecule has 11 atom stereocenters. The van der Waals surface area contributed by atoms with Gasteiger partial charge in [-0.3, -0.25) is 19.2 Å². The number of aliphatic hydroxyl groups excluding tert-OH is 1. The standard InChI is InChI=1S/C49H55NO14S/c1-27-33(62-45(57)38(53)37(30-17-11-8-12-18-30)50-43(55)31-19-13-9-14-20-31)24-49(58)42(63-44(56)32-21-15-10-16-22-32)40-47(6,41(54)39(61-28(2)51)36(27)46(49,4)5)34(60-26-65-7)23-35-48(40,25-59-35)64-29(3)52/h8-22,33-35,37-40,42,53,58H,23-26H2,1-7H3,(H,50,55)/t33-,34-,35+,37-,38+,39+,40?,42?,47+,48-,49+/m0/s1. The normalized spacial score (nSPS) is 30.9. The molecule has 3 fully saturated rings. The number of hydrogen-bond donors (Lipinski definition) is 3. The van der Waals surface area contributed by atoms with E-state index in [0.29, 0.717) is 5.56 Å². The molecule has 15 nitrogen and oxygen atoms in total. The molecule has 346 valence electrons. The number of esters is 4. The van der Waals surface area contributed by atoms with Crippen LogP contribution in [0.2, 0.25) is 0 Å². The third-order valence-electron chi connectivity index (χ3n) is 13.8. The van der Waals surface area contributed by atoms with E-state index in [-0.39, 0.29) is 41.2 Å². The number of fused-ring (bicyclic) bond motifs is 5. The molecular formula is C49H55NO14S. The van der Waals surface area contributed by atoms with E-state index in [4.69, 9.17) is 28.4 Å². The van der Waals surface area contributed by atoms with E-state index in [1.54, 1.807) is 113 Å². The van der Waals surface area contributed by atoms with Crippen LogP contribution in [0.1, 0.15) is 86.7 Å². The molecule has 3 aliphatic carbocycles. The van der Waals surface area contributed by atoms with Crippen LogP contribution in [0, 0.1) is 16.7 Å². The Morgan fingerprint density at radius 1 is 0.862 bits per heavy atom. The third kappa shape index (κ3) is 8.39. The highest BCUT2D eigenvalue weighted by molar-refractivity contribution is 7.98. The van der Waals surface area contributed by atoms with Crippen LogP contribution >= 0.6 is 11.8 Å². The highest BCUT2D eigenvalue weighted by Crippen LogP contribution is 2.65. The molecule has 2 unspecified atom stereocenters. The molecule has 1 heterocycles. The molecule has 3 aromatic carbocycles. The first-order valence-corrected chi connectivity index (χ1v) is 22.8. The number of carbonyl (C=O) groups is 6. The van der Waals surface area contributed by atoms with E-state index >= 15 is 4.79 Å². The van der Waals surface area contributed by atoms with Crippen molar-refractivity contribution in [3.05, 3.63) is 119 Å². The van der Waals surface area contributed by atoms with Crippen LogP contribution in [0.4, 0.5) is 0 Å². The van der Waals surface area contributed by atoms with Gasteiger partial charge in [0, 0.05) is 37.7 Å². The van der Waals surface area contributed by atoms with Crippen molar-refractivity contribution >= 4 is 47.3 Å². The number of carbonyl (C=O) groups excluding carboxylic acids is 6. The van der Waals surface area contributed by atoms with E-state index in [9.17, 15) is 34.2 Å². The zero-order chi connectivity index (χ0) is 47.1. The second-order valence-corrected chi connectivity index (χ2v) is 18.7. The van der Waals surface area contributed by atoms with Gasteiger partial charge in [0.25, 0.3) is 5.91 Å². The lowest BCUT2D eigenvalue weighted by molar-refractivity contribution is -0.347. The van der Waals surface area contributed by atoms with Crippen molar-refractivity contribution in [2.24, 2.45) is 16.7 Å². The van der Waals surface area contributed by atoms with Gasteiger partial charge in [-0.05, 0) is 61.1 Å². The highest BCUT2D eigenvalue weighted by atomic mass is 32.2. The molecule has 0 spiro atoms. The number of benzene rings is 3. The number of ketones is 1. The Morgan fingerprint density at radius 2 is 1.46 bits per heavy atom. The SMILES string of the molecule is CSCO[C@H]1C[C@H]2OC[C@@]2(OC(C)=O)C2C(OC(=O)c3ccccc3)[C@]3(O)C[C@H](OC(=O)[C@H](O)[C@@H](NC(=O)c4ccccc4)c4ccccc4)C(C)=C([C@@H](OC(C)=O)C(=O)[C@@]21C)C3(C)C. The monoisotopic (exact) mass is 913 g/mol. The van der Waals surface area contributed by atoms with Crippen LogP contribution in [-0.2, 0) is 47.6 Å². The zero-order valence-corrected chi connectivity index (χ0v) is 38.1. The smallest absolute Gasteiger partial charge is 0.338 e. The van der Waals surface area contributed by atoms with Gasteiger partial charge >= 0.3 is 23.9 Å². The van der Waals surface area contributed by atoms with Crippen LogP contribution in [0.3, 0.4) is 0 Å². The summed E-state index contributed by atoms with van der Waals surface area (Å²) in [7, 11) is 0. The molecule has 65 heavy (non-hydrogen) atoms. The fourth-order valence-electron chi connectivity index (χ4n) is 10.6. The van der Waals surface area contributed by atoms with Crippen LogP contribution in [0.15, 0.2) is 102 Å². The Bertz CT molecular complexity index is 2340. The van der Waals surface area contributed by atoms with Crippen molar-refractivity contribution < 1.29 is 67.4 Å². The first-order valence-electron chi connectivity index (χ1n) is 21.4. The molecule has 0 radical (unpaired) electrons. The predicted octanol–water partition coefficient (Wildman–Crippen LogP) is 5.08. The molecule has 3 aromatic rings. The number of hydrogen-bond acceptors (Lipinski definition) is 15. The first kappa shape index (κ1) is 47.6. The molecular weight excluding hydrogens is 859 g/mol. The van der Waals surface area contributed by atoms with E-state index in [0.717, 1.165) is 6.92 Å². The Balaban J connectivity index is 1.41. The minimum atomic E-state index is -2.34. The summed E-state index contributed by atoms with van der Waals surface area (Å²) in [5, 5.41) is 28.5. The van der Waals surface area contributed by atoms with Crippen LogP contribution in [-0.4, -0.2) is 112 Å². The maximum Gasteiger partial charge on any atom is 0.338 e. The number of thioether (sulfide) groups is 1. The molecule has 4 aliphatic rings. The number of nitrogens with one attached hydrogen (secondary N) is 1. The average molecular weight is 914 g/mol.